The molecule has 2 aliphatic rings. The normalized spacial score (nSPS) is 22.8. The summed E-state index contributed by atoms with van der Waals surface area (Å²) in [6, 6.07) is 4.02. The molecular weight excluding hydrogens is 316 g/mol. The first-order valence-electron chi connectivity index (χ1n) is 8.64. The van der Waals surface area contributed by atoms with E-state index in [4.69, 9.17) is 0 Å². The van der Waals surface area contributed by atoms with Crippen molar-refractivity contribution in [3.05, 3.63) is 36.0 Å². The van der Waals surface area contributed by atoms with Crippen molar-refractivity contribution in [2.24, 2.45) is 11.8 Å². The minimum absolute atomic E-state index is 0.646. The molecule has 2 fully saturated rings. The van der Waals surface area contributed by atoms with Gasteiger partial charge in [-0.25, -0.2) is 9.97 Å². The van der Waals surface area contributed by atoms with Crippen LogP contribution in [-0.2, 0) is 0 Å². The Hall–Kier alpha value is -2.77. The van der Waals surface area contributed by atoms with Crippen LogP contribution in [0.15, 0.2) is 24.8 Å². The maximum Gasteiger partial charge on any atom is 0.177 e. The van der Waals surface area contributed by atoms with Gasteiger partial charge < -0.3 is 9.80 Å². The topological polar surface area (TPSA) is 75.3 Å². The minimum Gasteiger partial charge on any atom is -0.356 e. The van der Waals surface area contributed by atoms with Gasteiger partial charge >= 0.3 is 0 Å². The fraction of sp³-hybridized carbons (Fsp3) is 0.471. The van der Waals surface area contributed by atoms with E-state index in [1.54, 1.807) is 17.2 Å². The quantitative estimate of drug-likeness (QED) is 0.694. The zero-order chi connectivity index (χ0) is 17.0. The molecule has 8 nitrogen and oxygen atoms in total. The monoisotopic (exact) mass is 336 g/mol. The molecule has 0 radical (unpaired) electrons. The summed E-state index contributed by atoms with van der Waals surface area (Å²) in [5.41, 5.74) is 3.04. The van der Waals surface area contributed by atoms with Crippen molar-refractivity contribution in [3.63, 3.8) is 0 Å². The lowest BCUT2D eigenvalue weighted by atomic mass is 10.0. The molecule has 2 saturated heterocycles. The van der Waals surface area contributed by atoms with Crippen molar-refractivity contribution in [1.29, 1.82) is 0 Å². The molecular formula is C17H20N8. The molecule has 25 heavy (non-hydrogen) atoms. The molecule has 128 valence electrons. The van der Waals surface area contributed by atoms with E-state index in [0.29, 0.717) is 11.8 Å². The van der Waals surface area contributed by atoms with Gasteiger partial charge in [0.1, 0.15) is 24.3 Å². The van der Waals surface area contributed by atoms with Crippen LogP contribution in [0.2, 0.25) is 0 Å². The van der Waals surface area contributed by atoms with Crippen LogP contribution in [0, 0.1) is 25.7 Å². The number of aromatic nitrogens is 6. The Morgan fingerprint density at radius 2 is 1.72 bits per heavy atom. The first-order valence-corrected chi connectivity index (χ1v) is 8.64. The van der Waals surface area contributed by atoms with Crippen LogP contribution < -0.4 is 9.80 Å². The number of aryl methyl sites for hydroxylation is 1. The van der Waals surface area contributed by atoms with Gasteiger partial charge in [0.25, 0.3) is 0 Å². The van der Waals surface area contributed by atoms with Gasteiger partial charge in [-0.2, -0.15) is 4.52 Å². The second-order valence-corrected chi connectivity index (χ2v) is 7.06. The molecule has 2 unspecified atom stereocenters. The Morgan fingerprint density at radius 1 is 0.960 bits per heavy atom. The maximum atomic E-state index is 4.63. The van der Waals surface area contributed by atoms with Crippen LogP contribution in [0.3, 0.4) is 0 Å². The summed E-state index contributed by atoms with van der Waals surface area (Å²) in [5, 5.41) is 12.5. The maximum absolute atomic E-state index is 4.63. The molecule has 0 saturated carbocycles. The Kier molecular flexibility index (Phi) is 3.13. The molecule has 2 aliphatic heterocycles. The minimum atomic E-state index is 0.646. The zero-order valence-electron chi connectivity index (χ0n) is 14.4. The number of hydrogen-bond donors (Lipinski definition) is 0. The highest BCUT2D eigenvalue weighted by molar-refractivity contribution is 5.51. The van der Waals surface area contributed by atoms with E-state index >= 15 is 0 Å². The van der Waals surface area contributed by atoms with Crippen LogP contribution >= 0.6 is 0 Å². The van der Waals surface area contributed by atoms with Gasteiger partial charge in [0.05, 0.1) is 0 Å². The van der Waals surface area contributed by atoms with Crippen molar-refractivity contribution < 1.29 is 0 Å². The van der Waals surface area contributed by atoms with Crippen LogP contribution in [0.5, 0.6) is 0 Å². The lowest BCUT2D eigenvalue weighted by molar-refractivity contribution is 0.533. The summed E-state index contributed by atoms with van der Waals surface area (Å²) in [6.45, 7) is 8.33. The number of rotatable bonds is 2. The molecule has 5 heterocycles. The van der Waals surface area contributed by atoms with Gasteiger partial charge in [-0.15, -0.1) is 15.3 Å². The Morgan fingerprint density at radius 3 is 2.52 bits per heavy atom. The van der Waals surface area contributed by atoms with E-state index in [0.717, 1.165) is 49.2 Å². The number of nitrogens with zero attached hydrogens (tertiary/aromatic N) is 8. The van der Waals surface area contributed by atoms with Gasteiger partial charge in [0.2, 0.25) is 0 Å². The largest absolute Gasteiger partial charge is 0.356 e. The van der Waals surface area contributed by atoms with Crippen LogP contribution in [0.25, 0.3) is 5.65 Å². The fourth-order valence-corrected chi connectivity index (χ4v) is 4.08. The second-order valence-electron chi connectivity index (χ2n) is 7.06. The highest BCUT2D eigenvalue weighted by Crippen LogP contribution is 2.36. The van der Waals surface area contributed by atoms with Gasteiger partial charge in [-0.1, -0.05) is 0 Å². The van der Waals surface area contributed by atoms with Crippen molar-refractivity contribution in [2.45, 2.75) is 13.8 Å². The molecule has 0 amide bonds. The molecule has 0 N–H and O–H groups in total. The van der Waals surface area contributed by atoms with Gasteiger partial charge in [0.15, 0.2) is 5.65 Å². The average Bonchev–Trinajstić information content (AvgIpc) is 3.30. The van der Waals surface area contributed by atoms with Crippen molar-refractivity contribution in [2.75, 3.05) is 36.0 Å². The number of hydrogen-bond acceptors (Lipinski definition) is 7. The molecule has 2 atom stereocenters. The van der Waals surface area contributed by atoms with E-state index in [1.165, 1.54) is 5.56 Å². The molecule has 3 aromatic rings. The summed E-state index contributed by atoms with van der Waals surface area (Å²) < 4.78 is 1.74. The van der Waals surface area contributed by atoms with Gasteiger partial charge in [0, 0.05) is 49.3 Å². The Labute approximate surface area is 145 Å². The van der Waals surface area contributed by atoms with Gasteiger partial charge in [-0.05, 0) is 26.0 Å². The second kappa shape index (κ2) is 5.37. The molecule has 8 heteroatoms. The van der Waals surface area contributed by atoms with Crippen molar-refractivity contribution >= 4 is 17.3 Å². The number of anilines is 2. The van der Waals surface area contributed by atoms with E-state index in [9.17, 15) is 0 Å². The summed E-state index contributed by atoms with van der Waals surface area (Å²) in [4.78, 5) is 13.6. The lowest BCUT2D eigenvalue weighted by Gasteiger charge is -2.24. The fourth-order valence-electron chi connectivity index (χ4n) is 4.08. The molecule has 3 aromatic heterocycles. The van der Waals surface area contributed by atoms with E-state index in [1.807, 2.05) is 19.1 Å². The molecule has 0 spiro atoms. The molecule has 5 rings (SSSR count). The van der Waals surface area contributed by atoms with Gasteiger partial charge in [-0.3, -0.25) is 0 Å². The summed E-state index contributed by atoms with van der Waals surface area (Å²) in [5.74, 6) is 3.39. The highest BCUT2D eigenvalue weighted by atomic mass is 15.4. The van der Waals surface area contributed by atoms with E-state index in [-0.39, 0.29) is 0 Å². The van der Waals surface area contributed by atoms with E-state index < -0.39 is 0 Å². The average molecular weight is 336 g/mol. The predicted octanol–water partition coefficient (Wildman–Crippen LogP) is 1.10. The van der Waals surface area contributed by atoms with Crippen LogP contribution in [0.4, 0.5) is 11.6 Å². The Bertz CT molecular complexity index is 921. The molecule has 0 bridgehead atoms. The third-order valence-corrected chi connectivity index (χ3v) is 5.57. The van der Waals surface area contributed by atoms with Crippen molar-refractivity contribution in [3.8, 4) is 0 Å². The molecule has 0 aliphatic carbocycles. The molecule has 0 aromatic carbocycles. The lowest BCUT2D eigenvalue weighted by Crippen LogP contribution is -2.30. The first-order chi connectivity index (χ1) is 12.2. The smallest absolute Gasteiger partial charge is 0.177 e. The zero-order valence-corrected chi connectivity index (χ0v) is 14.4. The summed E-state index contributed by atoms with van der Waals surface area (Å²) in [6.07, 6.45) is 3.33. The van der Waals surface area contributed by atoms with E-state index in [2.05, 4.69) is 42.0 Å². The highest BCUT2D eigenvalue weighted by Gasteiger charge is 2.41. The van der Waals surface area contributed by atoms with Crippen molar-refractivity contribution in [1.82, 2.24) is 29.8 Å². The first kappa shape index (κ1) is 14.6. The third-order valence-electron chi connectivity index (χ3n) is 5.57. The van der Waals surface area contributed by atoms with Crippen LogP contribution in [0.1, 0.15) is 11.3 Å². The Balaban J connectivity index is 1.34. The predicted molar refractivity (Wildman–Crippen MR) is 93.7 cm³/mol. The summed E-state index contributed by atoms with van der Waals surface area (Å²) >= 11 is 0. The SMILES string of the molecule is Cc1ncnc(N2CC3CN(c4ccc5nncn5n4)CC3C2)c1C. The summed E-state index contributed by atoms with van der Waals surface area (Å²) in [7, 11) is 0. The third kappa shape index (κ3) is 2.32. The standard InChI is InChI=1S/C17H20N8/c1-11-12(2)18-9-19-17(11)24-7-13-5-23(6-14(13)8-24)16-4-3-15-21-20-10-25(15)22-16/h3-4,9-10,13-14H,5-8H2,1-2H3. The van der Waals surface area contributed by atoms with Crippen LogP contribution in [-0.4, -0.2) is 56.0 Å². The number of fused-ring (bicyclic) bond motifs is 2.